The van der Waals surface area contributed by atoms with E-state index >= 15 is 0 Å². The maximum Gasteiger partial charge on any atom is 0.254 e. The van der Waals surface area contributed by atoms with Crippen LogP contribution in [0.2, 0.25) is 0 Å². The Morgan fingerprint density at radius 3 is 2.53 bits per heavy atom. The van der Waals surface area contributed by atoms with Crippen LogP contribution in [0, 0.1) is 18.3 Å². The van der Waals surface area contributed by atoms with Crippen molar-refractivity contribution in [3.8, 4) is 6.07 Å². The summed E-state index contributed by atoms with van der Waals surface area (Å²) in [5, 5.41) is 17.1. The largest absolute Gasteiger partial charge is 0.468 e. The number of aryl methyl sites for hydroxylation is 1. The van der Waals surface area contributed by atoms with Gasteiger partial charge in [-0.1, -0.05) is 42.5 Å². The first kappa shape index (κ1) is 21.5. The van der Waals surface area contributed by atoms with E-state index in [1.807, 2.05) is 49.4 Å². The number of hydrogen-bond acceptors (Lipinski definition) is 5. The molecule has 3 aromatic rings. The minimum atomic E-state index is -0.584. The van der Waals surface area contributed by atoms with Gasteiger partial charge in [0.2, 0.25) is 0 Å². The lowest BCUT2D eigenvalue weighted by molar-refractivity contribution is -0.113. The van der Waals surface area contributed by atoms with Crippen LogP contribution in [0.3, 0.4) is 0 Å². The molecule has 0 aliphatic carbocycles. The van der Waals surface area contributed by atoms with Crippen molar-refractivity contribution >= 4 is 23.4 Å². The quantitative estimate of drug-likeness (QED) is 0.501. The number of rotatable bonds is 6. The van der Waals surface area contributed by atoms with E-state index in [-0.39, 0.29) is 5.91 Å². The third kappa shape index (κ3) is 4.48. The van der Waals surface area contributed by atoms with E-state index in [2.05, 4.69) is 35.8 Å². The normalized spacial score (nSPS) is 15.8. The highest BCUT2D eigenvalue weighted by molar-refractivity contribution is 8.02. The minimum Gasteiger partial charge on any atom is -0.468 e. The molecule has 0 unspecified atom stereocenters. The summed E-state index contributed by atoms with van der Waals surface area (Å²) < 4.78 is 5.68. The Kier molecular flexibility index (Phi) is 6.48. The summed E-state index contributed by atoms with van der Waals surface area (Å²) in [6.07, 6.45) is 1.56. The molecule has 32 heavy (non-hydrogen) atoms. The van der Waals surface area contributed by atoms with Crippen molar-refractivity contribution < 1.29 is 9.21 Å². The third-order valence-corrected chi connectivity index (χ3v) is 6.45. The van der Waals surface area contributed by atoms with E-state index in [0.717, 1.165) is 5.03 Å². The molecule has 0 saturated carbocycles. The van der Waals surface area contributed by atoms with Gasteiger partial charge in [0.1, 0.15) is 5.76 Å². The number of anilines is 1. The fraction of sp³-hybridized carbons (Fsp3) is 0.154. The molecule has 0 radical (unpaired) electrons. The first-order valence-electron chi connectivity index (χ1n) is 10.3. The number of carbonyl (C=O) groups is 1. The van der Waals surface area contributed by atoms with Gasteiger partial charge in [0.25, 0.3) is 5.91 Å². The summed E-state index contributed by atoms with van der Waals surface area (Å²) in [6.45, 7) is 3.94. The molecule has 1 atom stereocenters. The molecule has 4 rings (SSSR count). The van der Waals surface area contributed by atoms with Gasteiger partial charge < -0.3 is 15.1 Å². The summed E-state index contributed by atoms with van der Waals surface area (Å²) in [5.74, 6) is 0.427. The van der Waals surface area contributed by atoms with Gasteiger partial charge in [-0.2, -0.15) is 5.26 Å². The monoisotopic (exact) mass is 441 g/mol. The predicted octanol–water partition coefficient (Wildman–Crippen LogP) is 5.86. The highest BCUT2D eigenvalue weighted by Gasteiger charge is 2.36. The SMILES string of the molecule is CC1=C(C(=O)Nc2ccccc2)[C@H](c2ccco2)C(C#N)=C(SCc2ccccc2C)N1. The van der Waals surface area contributed by atoms with Crippen molar-refractivity contribution in [1.82, 2.24) is 5.32 Å². The number of thioether (sulfide) groups is 1. The molecular formula is C26H23N3O2S. The van der Waals surface area contributed by atoms with Gasteiger partial charge in [0.15, 0.2) is 0 Å². The Morgan fingerprint density at radius 1 is 1.09 bits per heavy atom. The number of nitriles is 1. The number of para-hydroxylation sites is 1. The van der Waals surface area contributed by atoms with Crippen molar-refractivity contribution in [1.29, 1.82) is 5.26 Å². The third-order valence-electron chi connectivity index (χ3n) is 5.38. The van der Waals surface area contributed by atoms with Gasteiger partial charge in [-0.25, -0.2) is 0 Å². The number of dihydropyridines is 1. The van der Waals surface area contributed by atoms with Crippen LogP contribution in [0.25, 0.3) is 0 Å². The second-order valence-electron chi connectivity index (χ2n) is 7.50. The number of benzene rings is 2. The van der Waals surface area contributed by atoms with Crippen molar-refractivity contribution in [3.63, 3.8) is 0 Å². The van der Waals surface area contributed by atoms with Gasteiger partial charge in [0, 0.05) is 17.1 Å². The zero-order valence-electron chi connectivity index (χ0n) is 17.9. The highest BCUT2D eigenvalue weighted by atomic mass is 32.2. The van der Waals surface area contributed by atoms with Crippen LogP contribution in [0.15, 0.2) is 99.3 Å². The average Bonchev–Trinajstić information content (AvgIpc) is 3.33. The number of amides is 1. The molecule has 5 nitrogen and oxygen atoms in total. The summed E-state index contributed by atoms with van der Waals surface area (Å²) in [5.41, 5.74) is 4.74. The molecule has 0 saturated heterocycles. The van der Waals surface area contributed by atoms with E-state index in [9.17, 15) is 10.1 Å². The van der Waals surface area contributed by atoms with Crippen LogP contribution in [0.4, 0.5) is 5.69 Å². The standard InChI is InChI=1S/C26H23N3O2S/c1-17-9-6-7-10-19(17)16-32-26-21(15-27)24(22-13-8-14-31-22)23(18(2)28-26)25(30)29-20-11-4-3-5-12-20/h3-14,24,28H,16H2,1-2H3,(H,29,30)/t24-/m0/s1. The van der Waals surface area contributed by atoms with E-state index in [4.69, 9.17) is 4.42 Å². The van der Waals surface area contributed by atoms with Crippen LogP contribution in [-0.2, 0) is 10.5 Å². The second kappa shape index (κ2) is 9.63. The van der Waals surface area contributed by atoms with Crippen LogP contribution in [-0.4, -0.2) is 5.91 Å². The lowest BCUT2D eigenvalue weighted by atomic mass is 9.85. The molecule has 1 aliphatic rings. The van der Waals surface area contributed by atoms with Crippen molar-refractivity contribution in [2.45, 2.75) is 25.5 Å². The van der Waals surface area contributed by atoms with Gasteiger partial charge >= 0.3 is 0 Å². The molecule has 2 aromatic carbocycles. The Balaban J connectivity index is 1.68. The fourth-order valence-electron chi connectivity index (χ4n) is 3.71. The van der Waals surface area contributed by atoms with Crippen LogP contribution >= 0.6 is 11.8 Å². The zero-order chi connectivity index (χ0) is 22.5. The number of nitrogens with zero attached hydrogens (tertiary/aromatic N) is 1. The molecule has 0 spiro atoms. The van der Waals surface area contributed by atoms with Crippen LogP contribution in [0.1, 0.15) is 29.7 Å². The Bertz CT molecular complexity index is 1220. The smallest absolute Gasteiger partial charge is 0.254 e. The van der Waals surface area contributed by atoms with Crippen LogP contribution in [0.5, 0.6) is 0 Å². The average molecular weight is 442 g/mol. The first-order valence-corrected chi connectivity index (χ1v) is 11.3. The van der Waals surface area contributed by atoms with Crippen molar-refractivity contribution in [2.24, 2.45) is 0 Å². The first-order chi connectivity index (χ1) is 15.6. The lowest BCUT2D eigenvalue weighted by Gasteiger charge is -2.28. The number of hydrogen-bond donors (Lipinski definition) is 2. The molecular weight excluding hydrogens is 418 g/mol. The molecule has 6 heteroatoms. The molecule has 0 bridgehead atoms. The molecule has 1 amide bonds. The van der Waals surface area contributed by atoms with Crippen molar-refractivity contribution in [3.05, 3.63) is 112 Å². The molecule has 1 aromatic heterocycles. The van der Waals surface area contributed by atoms with Gasteiger partial charge in [-0.3, -0.25) is 4.79 Å². The molecule has 1 aliphatic heterocycles. The van der Waals surface area contributed by atoms with Gasteiger partial charge in [-0.05, 0) is 49.2 Å². The number of carbonyl (C=O) groups excluding carboxylic acids is 1. The number of allylic oxidation sites excluding steroid dienone is 2. The van der Waals surface area contributed by atoms with E-state index in [1.54, 1.807) is 30.2 Å². The van der Waals surface area contributed by atoms with Crippen molar-refractivity contribution in [2.75, 3.05) is 5.32 Å². The topological polar surface area (TPSA) is 78.1 Å². The number of furan rings is 1. The number of nitrogens with one attached hydrogen (secondary N) is 2. The molecule has 2 N–H and O–H groups in total. The molecule has 0 fully saturated rings. The summed E-state index contributed by atoms with van der Waals surface area (Å²) in [4.78, 5) is 13.3. The second-order valence-corrected chi connectivity index (χ2v) is 8.49. The van der Waals surface area contributed by atoms with E-state index < -0.39 is 5.92 Å². The molecule has 2 heterocycles. The summed E-state index contributed by atoms with van der Waals surface area (Å²) >= 11 is 1.56. The van der Waals surface area contributed by atoms with E-state index in [0.29, 0.717) is 34.0 Å². The Hall–Kier alpha value is -3.69. The summed E-state index contributed by atoms with van der Waals surface area (Å²) in [6, 6.07) is 23.4. The summed E-state index contributed by atoms with van der Waals surface area (Å²) in [7, 11) is 0. The Morgan fingerprint density at radius 2 is 1.84 bits per heavy atom. The fourth-order valence-corrected chi connectivity index (χ4v) is 4.88. The predicted molar refractivity (Wildman–Crippen MR) is 127 cm³/mol. The van der Waals surface area contributed by atoms with Crippen LogP contribution < -0.4 is 10.6 Å². The lowest BCUT2D eigenvalue weighted by Crippen LogP contribution is -2.30. The highest BCUT2D eigenvalue weighted by Crippen LogP contribution is 2.41. The van der Waals surface area contributed by atoms with E-state index in [1.165, 1.54) is 11.1 Å². The van der Waals surface area contributed by atoms with Gasteiger partial charge in [0.05, 0.1) is 34.4 Å². The zero-order valence-corrected chi connectivity index (χ0v) is 18.7. The maximum atomic E-state index is 13.3. The maximum absolute atomic E-state index is 13.3. The Labute approximate surface area is 191 Å². The molecule has 160 valence electrons. The minimum absolute atomic E-state index is 0.265. The van der Waals surface area contributed by atoms with Gasteiger partial charge in [-0.15, -0.1) is 11.8 Å².